The summed E-state index contributed by atoms with van der Waals surface area (Å²) >= 11 is 0. The van der Waals surface area contributed by atoms with Crippen molar-refractivity contribution in [3.8, 4) is 5.75 Å². The first-order valence-electron chi connectivity index (χ1n) is 11.6. The smallest absolute Gasteiger partial charge is 0.119 e. The predicted molar refractivity (Wildman–Crippen MR) is 139 cm³/mol. The Morgan fingerprint density at radius 2 is 1.65 bits per heavy atom. The minimum Gasteiger partial charge on any atom is -0.494 e. The number of hydrogen-bond donors (Lipinski definition) is 1. The van der Waals surface area contributed by atoms with Gasteiger partial charge in [0.1, 0.15) is 5.75 Å². The van der Waals surface area contributed by atoms with E-state index >= 15 is 0 Å². The molecule has 31 heavy (non-hydrogen) atoms. The second kappa shape index (κ2) is 16.2. The van der Waals surface area contributed by atoms with Crippen molar-refractivity contribution in [1.29, 1.82) is 0 Å². The lowest BCUT2D eigenvalue weighted by atomic mass is 10.0. The molecule has 2 aromatic rings. The van der Waals surface area contributed by atoms with Gasteiger partial charge in [0.05, 0.1) is 6.61 Å². The summed E-state index contributed by atoms with van der Waals surface area (Å²) in [4.78, 5) is 2.36. The highest BCUT2D eigenvalue weighted by atomic mass is 16.5. The first-order valence-corrected chi connectivity index (χ1v) is 11.6. The molecule has 0 fully saturated rings. The molecular weight excluding hydrogens is 380 g/mol. The van der Waals surface area contributed by atoms with Crippen LogP contribution in [0.5, 0.6) is 5.75 Å². The molecule has 0 atom stereocenters. The van der Waals surface area contributed by atoms with E-state index in [1.54, 1.807) is 0 Å². The molecule has 170 valence electrons. The normalized spacial score (nSPS) is 10.7. The molecule has 0 aromatic heterocycles. The van der Waals surface area contributed by atoms with Gasteiger partial charge in [0.2, 0.25) is 0 Å². The van der Waals surface area contributed by atoms with Crippen molar-refractivity contribution in [2.45, 2.75) is 52.9 Å². The molecule has 0 radical (unpaired) electrons. The van der Waals surface area contributed by atoms with Crippen LogP contribution in [0.3, 0.4) is 0 Å². The minimum atomic E-state index is 0.754. The van der Waals surface area contributed by atoms with Crippen LogP contribution in [0.25, 0.3) is 12.2 Å². The first-order chi connectivity index (χ1) is 15.0. The van der Waals surface area contributed by atoms with E-state index in [2.05, 4.69) is 63.6 Å². The van der Waals surface area contributed by atoms with Crippen LogP contribution in [0.15, 0.2) is 55.1 Å². The SMILES string of the molecule is C=Cc1ccc(OCCC)cc1CC/C=C/c1ccc(N)cc1.CCCN(C)CCC. The van der Waals surface area contributed by atoms with Gasteiger partial charge in [-0.25, -0.2) is 0 Å². The molecule has 0 aliphatic rings. The van der Waals surface area contributed by atoms with Gasteiger partial charge in [-0.1, -0.05) is 63.8 Å². The van der Waals surface area contributed by atoms with Gasteiger partial charge in [-0.15, -0.1) is 0 Å². The fourth-order valence-corrected chi connectivity index (χ4v) is 3.25. The van der Waals surface area contributed by atoms with Crippen LogP contribution < -0.4 is 10.5 Å². The average Bonchev–Trinajstić information content (AvgIpc) is 2.77. The molecule has 0 unspecified atom stereocenters. The summed E-state index contributed by atoms with van der Waals surface area (Å²) in [5, 5.41) is 0. The Bertz CT molecular complexity index is 759. The maximum absolute atomic E-state index is 5.72. The highest BCUT2D eigenvalue weighted by Crippen LogP contribution is 2.21. The molecule has 0 bridgehead atoms. The number of nitrogen functional groups attached to an aromatic ring is 1. The summed E-state index contributed by atoms with van der Waals surface area (Å²) < 4.78 is 5.72. The number of benzene rings is 2. The number of anilines is 1. The lowest BCUT2D eigenvalue weighted by Crippen LogP contribution is -2.19. The zero-order valence-corrected chi connectivity index (χ0v) is 20.1. The molecule has 2 N–H and O–H groups in total. The van der Waals surface area contributed by atoms with Crippen LogP contribution in [0.4, 0.5) is 5.69 Å². The van der Waals surface area contributed by atoms with Crippen LogP contribution in [0, 0.1) is 0 Å². The number of nitrogens with zero attached hydrogens (tertiary/aromatic N) is 1. The minimum absolute atomic E-state index is 0.754. The Morgan fingerprint density at radius 1 is 0.968 bits per heavy atom. The van der Waals surface area contributed by atoms with Gasteiger partial charge < -0.3 is 15.4 Å². The van der Waals surface area contributed by atoms with E-state index in [1.807, 2.05) is 36.4 Å². The quantitative estimate of drug-likeness (QED) is 0.371. The number of nitrogens with two attached hydrogens (primary N) is 1. The van der Waals surface area contributed by atoms with Gasteiger partial charge >= 0.3 is 0 Å². The third kappa shape index (κ3) is 11.4. The van der Waals surface area contributed by atoms with Crippen molar-refractivity contribution >= 4 is 17.8 Å². The summed E-state index contributed by atoms with van der Waals surface area (Å²) in [6, 6.07) is 14.1. The lowest BCUT2D eigenvalue weighted by molar-refractivity contribution is 0.317. The Balaban J connectivity index is 0.000000512. The summed E-state index contributed by atoms with van der Waals surface area (Å²) in [6.45, 7) is 13.7. The maximum Gasteiger partial charge on any atom is 0.119 e. The highest BCUT2D eigenvalue weighted by Gasteiger charge is 2.02. The van der Waals surface area contributed by atoms with Crippen LogP contribution in [0.1, 0.15) is 63.1 Å². The third-order valence-electron chi connectivity index (χ3n) is 4.84. The zero-order valence-electron chi connectivity index (χ0n) is 20.1. The van der Waals surface area contributed by atoms with Crippen LogP contribution in [0.2, 0.25) is 0 Å². The van der Waals surface area contributed by atoms with Crippen molar-refractivity contribution < 1.29 is 4.74 Å². The van der Waals surface area contributed by atoms with Gasteiger partial charge in [-0.3, -0.25) is 0 Å². The predicted octanol–water partition coefficient (Wildman–Crippen LogP) is 7.08. The Hall–Kier alpha value is -2.52. The largest absolute Gasteiger partial charge is 0.494 e. The molecule has 0 saturated heterocycles. The highest BCUT2D eigenvalue weighted by molar-refractivity contribution is 5.55. The van der Waals surface area contributed by atoms with Crippen molar-refractivity contribution in [2.75, 3.05) is 32.5 Å². The third-order valence-corrected chi connectivity index (χ3v) is 4.84. The summed E-state index contributed by atoms with van der Waals surface area (Å²) in [7, 11) is 2.17. The lowest BCUT2D eigenvalue weighted by Gasteiger charge is -2.12. The molecule has 3 nitrogen and oxygen atoms in total. The number of allylic oxidation sites excluding steroid dienone is 1. The Labute approximate surface area is 190 Å². The van der Waals surface area contributed by atoms with E-state index in [-0.39, 0.29) is 0 Å². The number of hydrogen-bond acceptors (Lipinski definition) is 3. The number of aryl methyl sites for hydroxylation is 1. The molecule has 0 aliphatic carbocycles. The van der Waals surface area contributed by atoms with Gasteiger partial charge in [-0.2, -0.15) is 0 Å². The van der Waals surface area contributed by atoms with Gasteiger partial charge in [-0.05, 0) is 93.2 Å². The van der Waals surface area contributed by atoms with Crippen molar-refractivity contribution in [3.05, 3.63) is 71.8 Å². The molecular formula is C28H42N2O. The molecule has 2 rings (SSSR count). The number of ether oxygens (including phenoxy) is 1. The van der Waals surface area contributed by atoms with Gasteiger partial charge in [0.25, 0.3) is 0 Å². The summed E-state index contributed by atoms with van der Waals surface area (Å²) in [5.41, 5.74) is 10.1. The topological polar surface area (TPSA) is 38.5 Å². The number of rotatable bonds is 12. The molecule has 0 amide bonds. The van der Waals surface area contributed by atoms with E-state index in [1.165, 1.54) is 42.6 Å². The van der Waals surface area contributed by atoms with E-state index < -0.39 is 0 Å². The second-order valence-electron chi connectivity index (χ2n) is 7.82. The monoisotopic (exact) mass is 422 g/mol. The fraction of sp³-hybridized carbons (Fsp3) is 0.429. The van der Waals surface area contributed by atoms with Crippen LogP contribution >= 0.6 is 0 Å². The van der Waals surface area contributed by atoms with E-state index in [0.29, 0.717) is 0 Å². The molecule has 2 aromatic carbocycles. The van der Waals surface area contributed by atoms with Crippen molar-refractivity contribution in [2.24, 2.45) is 0 Å². The average molecular weight is 423 g/mol. The molecule has 0 aliphatic heterocycles. The van der Waals surface area contributed by atoms with Crippen LogP contribution in [-0.2, 0) is 6.42 Å². The molecule has 0 saturated carbocycles. The maximum atomic E-state index is 5.72. The van der Waals surface area contributed by atoms with E-state index in [0.717, 1.165) is 37.3 Å². The zero-order chi connectivity index (χ0) is 22.9. The van der Waals surface area contributed by atoms with Crippen LogP contribution in [-0.4, -0.2) is 31.6 Å². The Morgan fingerprint density at radius 3 is 2.23 bits per heavy atom. The molecule has 3 heteroatoms. The van der Waals surface area contributed by atoms with Crippen molar-refractivity contribution in [3.63, 3.8) is 0 Å². The summed E-state index contributed by atoms with van der Waals surface area (Å²) in [5.74, 6) is 0.940. The Kier molecular flexibility index (Phi) is 13.9. The first kappa shape index (κ1) is 26.5. The van der Waals surface area contributed by atoms with Gasteiger partial charge in [0, 0.05) is 5.69 Å². The van der Waals surface area contributed by atoms with Crippen molar-refractivity contribution in [1.82, 2.24) is 4.90 Å². The molecule has 0 heterocycles. The fourth-order valence-electron chi connectivity index (χ4n) is 3.25. The summed E-state index contributed by atoms with van der Waals surface area (Å²) in [6.07, 6.45) is 11.7. The second-order valence-corrected chi connectivity index (χ2v) is 7.82. The van der Waals surface area contributed by atoms with E-state index in [9.17, 15) is 0 Å². The standard InChI is InChI=1S/C21H25NO.C7H17N/c1-3-15-23-21-14-11-18(4-2)19(16-21)8-6-5-7-17-9-12-20(22)13-10-17;1-4-6-8(3)7-5-2/h4-5,7,9-14,16H,2-3,6,8,15,22H2,1H3;4-7H2,1-3H3/b7-5+;. The van der Waals surface area contributed by atoms with Gasteiger partial charge in [0.15, 0.2) is 0 Å². The molecule has 0 spiro atoms. The van der Waals surface area contributed by atoms with E-state index in [4.69, 9.17) is 10.5 Å².